The maximum Gasteiger partial charge on any atom is 0.531 e. The Balaban J connectivity index is 2.68. The number of carboxylic acid groups (broad SMARTS) is 1. The summed E-state index contributed by atoms with van der Waals surface area (Å²) in [6.07, 6.45) is -0.233. The van der Waals surface area contributed by atoms with Crippen molar-refractivity contribution in [3.63, 3.8) is 0 Å². The SMILES string of the molecule is O=C(O)On1c(=O)oc2cc(Br)cnc21. The summed E-state index contributed by atoms with van der Waals surface area (Å²) in [5, 5.41) is 8.36. The standard InChI is InChI=1S/C7H3BrN2O5/c8-3-1-4-5(9-2-3)10(6(11)14-4)15-7(12)13/h1-2H,(H,12,13). The van der Waals surface area contributed by atoms with Crippen LogP contribution in [0.25, 0.3) is 11.2 Å². The molecule has 0 fully saturated rings. The quantitative estimate of drug-likeness (QED) is 0.829. The van der Waals surface area contributed by atoms with Crippen LogP contribution in [0.3, 0.4) is 0 Å². The molecular weight excluding hydrogens is 272 g/mol. The van der Waals surface area contributed by atoms with E-state index in [0.29, 0.717) is 9.20 Å². The molecule has 0 aromatic carbocycles. The van der Waals surface area contributed by atoms with Crippen molar-refractivity contribution >= 4 is 33.3 Å². The number of hydrogen-bond donors (Lipinski definition) is 1. The number of pyridine rings is 1. The first-order valence-corrected chi connectivity index (χ1v) is 4.45. The van der Waals surface area contributed by atoms with Crippen molar-refractivity contribution < 1.29 is 19.2 Å². The van der Waals surface area contributed by atoms with E-state index in [1.807, 2.05) is 0 Å². The van der Waals surface area contributed by atoms with Crippen molar-refractivity contribution in [1.82, 2.24) is 9.71 Å². The van der Waals surface area contributed by atoms with Gasteiger partial charge in [-0.2, -0.15) is 0 Å². The molecule has 8 heteroatoms. The Morgan fingerprint density at radius 3 is 3.07 bits per heavy atom. The number of rotatable bonds is 1. The van der Waals surface area contributed by atoms with Crippen LogP contribution in [-0.2, 0) is 0 Å². The molecule has 0 aliphatic rings. The van der Waals surface area contributed by atoms with Gasteiger partial charge in [0.15, 0.2) is 5.58 Å². The average Bonchev–Trinajstić information content (AvgIpc) is 2.41. The van der Waals surface area contributed by atoms with E-state index in [4.69, 9.17) is 9.52 Å². The third-order valence-corrected chi connectivity index (χ3v) is 1.96. The van der Waals surface area contributed by atoms with Gasteiger partial charge in [0.05, 0.1) is 0 Å². The lowest BCUT2D eigenvalue weighted by Gasteiger charge is -1.96. The molecule has 2 aromatic rings. The summed E-state index contributed by atoms with van der Waals surface area (Å²) in [6, 6.07) is 1.48. The van der Waals surface area contributed by atoms with E-state index < -0.39 is 11.9 Å². The van der Waals surface area contributed by atoms with Crippen LogP contribution in [0.2, 0.25) is 0 Å². The molecule has 0 aliphatic carbocycles. The van der Waals surface area contributed by atoms with Crippen LogP contribution in [-0.4, -0.2) is 21.0 Å². The molecule has 0 saturated carbocycles. The van der Waals surface area contributed by atoms with Gasteiger partial charge in [0, 0.05) is 16.7 Å². The number of aromatic nitrogens is 2. The van der Waals surface area contributed by atoms with Crippen LogP contribution in [0.5, 0.6) is 0 Å². The molecule has 2 aromatic heterocycles. The van der Waals surface area contributed by atoms with Gasteiger partial charge in [-0.25, -0.2) is 14.6 Å². The van der Waals surface area contributed by atoms with Gasteiger partial charge < -0.3 is 9.52 Å². The molecule has 7 nitrogen and oxygen atoms in total. The molecule has 0 amide bonds. The van der Waals surface area contributed by atoms with Crippen molar-refractivity contribution in [2.75, 3.05) is 0 Å². The largest absolute Gasteiger partial charge is 0.531 e. The molecule has 0 radical (unpaired) electrons. The Bertz CT molecular complexity index is 587. The maximum atomic E-state index is 11.1. The van der Waals surface area contributed by atoms with E-state index in [2.05, 4.69) is 25.8 Å². The van der Waals surface area contributed by atoms with E-state index in [0.717, 1.165) is 0 Å². The summed E-state index contributed by atoms with van der Waals surface area (Å²) in [6.45, 7) is 0. The molecular formula is C7H3BrN2O5. The van der Waals surface area contributed by atoms with E-state index in [1.54, 1.807) is 0 Å². The molecule has 0 spiro atoms. The first kappa shape index (κ1) is 9.71. The molecule has 2 heterocycles. The minimum Gasteiger partial charge on any atom is -0.448 e. The second kappa shape index (κ2) is 3.39. The Labute approximate surface area is 90.0 Å². The van der Waals surface area contributed by atoms with E-state index in [-0.39, 0.29) is 11.2 Å². The fourth-order valence-corrected chi connectivity index (χ4v) is 1.33. The van der Waals surface area contributed by atoms with Crippen molar-refractivity contribution in [3.05, 3.63) is 27.3 Å². The van der Waals surface area contributed by atoms with Crippen molar-refractivity contribution in [2.24, 2.45) is 0 Å². The summed E-state index contributed by atoms with van der Waals surface area (Å²) in [5.74, 6) is -0.946. The molecule has 0 unspecified atom stereocenters. The predicted molar refractivity (Wildman–Crippen MR) is 50.6 cm³/mol. The first-order chi connectivity index (χ1) is 7.08. The lowest BCUT2D eigenvalue weighted by atomic mass is 10.5. The van der Waals surface area contributed by atoms with E-state index in [1.165, 1.54) is 12.3 Å². The predicted octanol–water partition coefficient (Wildman–Crippen LogP) is 0.859. The zero-order valence-corrected chi connectivity index (χ0v) is 8.59. The monoisotopic (exact) mass is 274 g/mol. The highest BCUT2D eigenvalue weighted by molar-refractivity contribution is 9.10. The van der Waals surface area contributed by atoms with Crippen LogP contribution < -0.4 is 10.6 Å². The molecule has 1 N–H and O–H groups in total. The fraction of sp³-hybridized carbons (Fsp3) is 0. The highest BCUT2D eigenvalue weighted by Crippen LogP contribution is 2.15. The minimum absolute atomic E-state index is 0.00519. The lowest BCUT2D eigenvalue weighted by molar-refractivity contribution is 0.0775. The molecule has 0 bridgehead atoms. The number of halogens is 1. The minimum atomic E-state index is -1.62. The van der Waals surface area contributed by atoms with Crippen LogP contribution in [0.1, 0.15) is 0 Å². The van der Waals surface area contributed by atoms with Crippen LogP contribution >= 0.6 is 15.9 Å². The topological polar surface area (TPSA) is 94.6 Å². The number of carbonyl (C=O) groups is 1. The Morgan fingerprint density at radius 2 is 2.40 bits per heavy atom. The van der Waals surface area contributed by atoms with Gasteiger partial charge in [-0.1, -0.05) is 4.73 Å². The highest BCUT2D eigenvalue weighted by Gasteiger charge is 2.14. The Kier molecular flexibility index (Phi) is 2.19. The van der Waals surface area contributed by atoms with Crippen LogP contribution in [0.15, 0.2) is 25.9 Å². The van der Waals surface area contributed by atoms with E-state index >= 15 is 0 Å². The summed E-state index contributed by atoms with van der Waals surface area (Å²) in [4.78, 5) is 29.4. The van der Waals surface area contributed by atoms with Crippen molar-refractivity contribution in [2.45, 2.75) is 0 Å². The summed E-state index contributed by atoms with van der Waals surface area (Å²) >= 11 is 3.13. The van der Waals surface area contributed by atoms with E-state index in [9.17, 15) is 9.59 Å². The van der Waals surface area contributed by atoms with Gasteiger partial charge in [0.25, 0.3) is 0 Å². The third kappa shape index (κ3) is 1.71. The second-order valence-corrected chi connectivity index (χ2v) is 3.41. The lowest BCUT2D eigenvalue weighted by Crippen LogP contribution is -2.26. The van der Waals surface area contributed by atoms with Gasteiger partial charge >= 0.3 is 11.9 Å². The Morgan fingerprint density at radius 1 is 1.67 bits per heavy atom. The molecule has 15 heavy (non-hydrogen) atoms. The van der Waals surface area contributed by atoms with Gasteiger partial charge in [-0.05, 0) is 15.9 Å². The second-order valence-electron chi connectivity index (χ2n) is 2.49. The zero-order valence-electron chi connectivity index (χ0n) is 7.01. The number of fused-ring (bicyclic) bond motifs is 1. The molecule has 78 valence electrons. The summed E-state index contributed by atoms with van der Waals surface area (Å²) in [7, 11) is 0. The number of nitrogens with zero attached hydrogens (tertiary/aromatic N) is 2. The van der Waals surface area contributed by atoms with Crippen LogP contribution in [0.4, 0.5) is 4.79 Å². The van der Waals surface area contributed by atoms with Gasteiger partial charge in [0.2, 0.25) is 5.65 Å². The zero-order chi connectivity index (χ0) is 11.0. The summed E-state index contributed by atoms with van der Waals surface area (Å²) < 4.78 is 5.77. The van der Waals surface area contributed by atoms with Crippen molar-refractivity contribution in [1.29, 1.82) is 0 Å². The first-order valence-electron chi connectivity index (χ1n) is 3.66. The molecule has 0 saturated heterocycles. The highest BCUT2D eigenvalue weighted by atomic mass is 79.9. The molecule has 0 atom stereocenters. The third-order valence-electron chi connectivity index (χ3n) is 1.52. The normalized spacial score (nSPS) is 10.5. The molecule has 0 aliphatic heterocycles. The van der Waals surface area contributed by atoms with Crippen molar-refractivity contribution in [3.8, 4) is 0 Å². The molecule has 2 rings (SSSR count). The fourth-order valence-electron chi connectivity index (χ4n) is 1.02. The summed E-state index contributed by atoms with van der Waals surface area (Å²) in [5.41, 5.74) is 0.140. The Hall–Kier alpha value is -1.83. The smallest absolute Gasteiger partial charge is 0.448 e. The van der Waals surface area contributed by atoms with Gasteiger partial charge in [-0.15, -0.1) is 0 Å². The maximum absolute atomic E-state index is 11.1. The van der Waals surface area contributed by atoms with Gasteiger partial charge in [0.1, 0.15) is 0 Å². The van der Waals surface area contributed by atoms with Crippen LogP contribution in [0, 0.1) is 0 Å². The average molecular weight is 275 g/mol. The number of oxazole rings is 1. The van der Waals surface area contributed by atoms with Gasteiger partial charge in [-0.3, -0.25) is 4.84 Å². The number of hydrogen-bond acceptors (Lipinski definition) is 5.